The predicted molar refractivity (Wildman–Crippen MR) is 103 cm³/mol. The van der Waals surface area contributed by atoms with Crippen LogP contribution in [0.25, 0.3) is 21.3 Å². The smallest absolute Gasteiger partial charge is 0.300 e. The first-order valence-corrected chi connectivity index (χ1v) is 8.95. The zero-order valence-corrected chi connectivity index (χ0v) is 15.7. The van der Waals surface area contributed by atoms with E-state index in [0.29, 0.717) is 10.6 Å². The Morgan fingerprint density at radius 3 is 2.78 bits per heavy atom. The second kappa shape index (κ2) is 6.16. The van der Waals surface area contributed by atoms with E-state index in [-0.39, 0.29) is 18.0 Å². The van der Waals surface area contributed by atoms with E-state index < -0.39 is 11.2 Å². The summed E-state index contributed by atoms with van der Waals surface area (Å²) in [6, 6.07) is 5.87. The highest BCUT2D eigenvalue weighted by Crippen LogP contribution is 2.26. The number of hydrogen-bond acceptors (Lipinski definition) is 6. The Bertz CT molecular complexity index is 1330. The fraction of sp³-hybridized carbons (Fsp3) is 0.235. The number of thiazole rings is 1. The maximum Gasteiger partial charge on any atom is 0.331 e. The fourth-order valence-electron chi connectivity index (χ4n) is 2.91. The molecule has 27 heavy (non-hydrogen) atoms. The van der Waals surface area contributed by atoms with Crippen molar-refractivity contribution in [2.24, 2.45) is 14.1 Å². The number of anilines is 1. The first kappa shape index (κ1) is 17.2. The number of nitrogens with one attached hydrogen (secondary N) is 1. The number of aromatic nitrogens is 5. The maximum absolute atomic E-state index is 12.4. The number of amides is 1. The number of nitrogens with zero attached hydrogens (tertiary/aromatic N) is 5. The van der Waals surface area contributed by atoms with Crippen molar-refractivity contribution in [1.29, 1.82) is 0 Å². The Balaban J connectivity index is 1.64. The summed E-state index contributed by atoms with van der Waals surface area (Å²) in [7, 11) is 2.95. The van der Waals surface area contributed by atoms with Crippen LogP contribution in [0, 0.1) is 6.92 Å². The third kappa shape index (κ3) is 2.83. The van der Waals surface area contributed by atoms with Crippen LogP contribution in [0.1, 0.15) is 5.56 Å². The lowest BCUT2D eigenvalue weighted by Crippen LogP contribution is -2.37. The predicted octanol–water partition coefficient (Wildman–Crippen LogP) is 0.991. The molecular weight excluding hydrogens is 368 g/mol. The fourth-order valence-corrected chi connectivity index (χ4v) is 3.89. The molecule has 10 heteroatoms. The molecule has 0 radical (unpaired) electrons. The molecule has 1 amide bonds. The van der Waals surface area contributed by atoms with Gasteiger partial charge in [0, 0.05) is 14.1 Å². The van der Waals surface area contributed by atoms with Crippen molar-refractivity contribution in [2.45, 2.75) is 13.5 Å². The van der Waals surface area contributed by atoms with E-state index in [1.54, 1.807) is 7.05 Å². The molecule has 0 spiro atoms. The van der Waals surface area contributed by atoms with Gasteiger partial charge in [0.2, 0.25) is 5.91 Å². The van der Waals surface area contributed by atoms with Crippen LogP contribution in [0.5, 0.6) is 0 Å². The lowest BCUT2D eigenvalue weighted by molar-refractivity contribution is -0.116. The average molecular weight is 384 g/mol. The Morgan fingerprint density at radius 2 is 2.00 bits per heavy atom. The van der Waals surface area contributed by atoms with Crippen molar-refractivity contribution in [2.75, 3.05) is 5.32 Å². The second-order valence-electron chi connectivity index (χ2n) is 6.28. The molecule has 9 nitrogen and oxygen atoms in total. The van der Waals surface area contributed by atoms with Gasteiger partial charge in [-0.2, -0.15) is 5.10 Å². The average Bonchev–Trinajstić information content (AvgIpc) is 3.21. The highest BCUT2D eigenvalue weighted by Gasteiger charge is 2.16. The molecule has 0 aliphatic carbocycles. The Kier molecular flexibility index (Phi) is 3.92. The summed E-state index contributed by atoms with van der Waals surface area (Å²) in [6.07, 6.45) is 1.41. The first-order valence-electron chi connectivity index (χ1n) is 8.13. The van der Waals surface area contributed by atoms with Crippen LogP contribution >= 0.6 is 11.3 Å². The van der Waals surface area contributed by atoms with Crippen molar-refractivity contribution < 1.29 is 4.79 Å². The summed E-state index contributed by atoms with van der Waals surface area (Å²) in [5.41, 5.74) is 1.58. The third-order valence-electron chi connectivity index (χ3n) is 4.35. The molecule has 3 aromatic heterocycles. The number of fused-ring (bicyclic) bond motifs is 2. The highest BCUT2D eigenvalue weighted by atomic mass is 32.1. The molecule has 0 saturated heterocycles. The number of carbonyl (C=O) groups is 1. The number of rotatable bonds is 3. The Labute approximate surface area is 156 Å². The first-order chi connectivity index (χ1) is 12.8. The summed E-state index contributed by atoms with van der Waals surface area (Å²) in [4.78, 5) is 41.2. The molecule has 0 saturated carbocycles. The molecule has 0 bridgehead atoms. The summed E-state index contributed by atoms with van der Waals surface area (Å²) >= 11 is 1.38. The van der Waals surface area contributed by atoms with E-state index in [1.807, 2.05) is 25.1 Å². The molecule has 4 rings (SSSR count). The minimum Gasteiger partial charge on any atom is -0.300 e. The molecule has 4 aromatic rings. The molecule has 138 valence electrons. The molecule has 0 aliphatic heterocycles. The summed E-state index contributed by atoms with van der Waals surface area (Å²) in [5.74, 6) is -0.355. The van der Waals surface area contributed by atoms with Gasteiger partial charge in [-0.1, -0.05) is 17.4 Å². The van der Waals surface area contributed by atoms with Crippen LogP contribution in [0.4, 0.5) is 5.13 Å². The molecule has 0 unspecified atom stereocenters. The summed E-state index contributed by atoms with van der Waals surface area (Å²) in [6.45, 7) is 1.83. The Hall–Kier alpha value is -3.27. The van der Waals surface area contributed by atoms with Gasteiger partial charge in [-0.15, -0.1) is 0 Å². The van der Waals surface area contributed by atoms with Crippen molar-refractivity contribution in [3.8, 4) is 0 Å². The quantitative estimate of drug-likeness (QED) is 0.567. The molecular formula is C17H16N6O3S. The van der Waals surface area contributed by atoms with Crippen LogP contribution in [-0.4, -0.2) is 29.8 Å². The van der Waals surface area contributed by atoms with Gasteiger partial charge in [-0.05, 0) is 24.6 Å². The molecule has 3 heterocycles. The lowest BCUT2D eigenvalue weighted by atomic mass is 10.2. The van der Waals surface area contributed by atoms with Gasteiger partial charge in [0.25, 0.3) is 5.56 Å². The highest BCUT2D eigenvalue weighted by molar-refractivity contribution is 7.22. The second-order valence-corrected chi connectivity index (χ2v) is 7.31. The van der Waals surface area contributed by atoms with E-state index in [9.17, 15) is 14.4 Å². The van der Waals surface area contributed by atoms with Crippen molar-refractivity contribution >= 4 is 43.6 Å². The Morgan fingerprint density at radius 1 is 1.22 bits per heavy atom. The number of benzene rings is 1. The van der Waals surface area contributed by atoms with Crippen LogP contribution in [0.3, 0.4) is 0 Å². The van der Waals surface area contributed by atoms with Gasteiger partial charge in [-0.3, -0.25) is 18.7 Å². The molecule has 1 aromatic carbocycles. The number of hydrogen-bond donors (Lipinski definition) is 1. The molecule has 0 atom stereocenters. The minimum atomic E-state index is -0.492. The van der Waals surface area contributed by atoms with Crippen LogP contribution < -0.4 is 16.6 Å². The lowest BCUT2D eigenvalue weighted by Gasteiger charge is -2.06. The SMILES string of the molecule is Cc1ccc2nc(NC(=O)Cn3ncc4c3c(=O)n(C)c(=O)n4C)sc2c1. The van der Waals surface area contributed by atoms with Crippen LogP contribution in [0.2, 0.25) is 0 Å². The van der Waals surface area contributed by atoms with Gasteiger partial charge in [0.1, 0.15) is 6.54 Å². The van der Waals surface area contributed by atoms with E-state index >= 15 is 0 Å². The maximum atomic E-state index is 12.4. The normalized spacial score (nSPS) is 11.4. The zero-order valence-electron chi connectivity index (χ0n) is 14.9. The molecule has 0 fully saturated rings. The summed E-state index contributed by atoms with van der Waals surface area (Å²) < 4.78 is 4.60. The van der Waals surface area contributed by atoms with E-state index in [1.165, 1.54) is 33.8 Å². The van der Waals surface area contributed by atoms with E-state index in [0.717, 1.165) is 20.3 Å². The van der Waals surface area contributed by atoms with Crippen molar-refractivity contribution in [1.82, 2.24) is 23.9 Å². The topological polar surface area (TPSA) is 104 Å². The molecule has 1 N–H and O–H groups in total. The van der Waals surface area contributed by atoms with Crippen LogP contribution in [-0.2, 0) is 25.4 Å². The van der Waals surface area contributed by atoms with Gasteiger partial charge in [0.05, 0.1) is 21.9 Å². The standard InChI is InChI=1S/C17H16N6O3S/c1-9-4-5-10-12(6-9)27-16(19-10)20-13(24)8-23-14-11(7-18-23)21(2)17(26)22(3)15(14)25/h4-7H,8H2,1-3H3,(H,19,20,24). The van der Waals surface area contributed by atoms with Gasteiger partial charge in [0.15, 0.2) is 10.6 Å². The number of aryl methyl sites for hydroxylation is 2. The molecule has 0 aliphatic rings. The van der Waals surface area contributed by atoms with E-state index in [4.69, 9.17) is 0 Å². The van der Waals surface area contributed by atoms with E-state index in [2.05, 4.69) is 15.4 Å². The number of carbonyl (C=O) groups excluding carboxylic acids is 1. The largest absolute Gasteiger partial charge is 0.331 e. The van der Waals surface area contributed by atoms with Crippen LogP contribution in [0.15, 0.2) is 34.0 Å². The summed E-state index contributed by atoms with van der Waals surface area (Å²) in [5, 5.41) is 7.33. The third-order valence-corrected chi connectivity index (χ3v) is 5.28. The van der Waals surface area contributed by atoms with Crippen molar-refractivity contribution in [3.05, 3.63) is 50.8 Å². The van der Waals surface area contributed by atoms with Crippen molar-refractivity contribution in [3.63, 3.8) is 0 Å². The monoisotopic (exact) mass is 384 g/mol. The van der Waals surface area contributed by atoms with Gasteiger partial charge < -0.3 is 5.32 Å². The van der Waals surface area contributed by atoms with Gasteiger partial charge >= 0.3 is 5.69 Å². The minimum absolute atomic E-state index is 0.161. The van der Waals surface area contributed by atoms with Gasteiger partial charge in [-0.25, -0.2) is 14.5 Å². The zero-order chi connectivity index (χ0) is 19.3.